The summed E-state index contributed by atoms with van der Waals surface area (Å²) < 4.78 is 2.53. The van der Waals surface area contributed by atoms with E-state index in [0.717, 1.165) is 42.9 Å². The van der Waals surface area contributed by atoms with Crippen LogP contribution < -0.4 is 5.32 Å². The van der Waals surface area contributed by atoms with Crippen LogP contribution in [0.2, 0.25) is 0 Å². The van der Waals surface area contributed by atoms with Crippen molar-refractivity contribution in [3.05, 3.63) is 52.8 Å². The molecule has 192 valence electrons. The predicted octanol–water partition coefficient (Wildman–Crippen LogP) is 7.38. The van der Waals surface area contributed by atoms with E-state index in [0.29, 0.717) is 6.04 Å². The second kappa shape index (κ2) is 12.4. The number of thiocarbonyl (C=S) groups is 1. The zero-order chi connectivity index (χ0) is 24.8. The minimum absolute atomic E-state index is 0.655. The summed E-state index contributed by atoms with van der Waals surface area (Å²) >= 11 is 6.06. The van der Waals surface area contributed by atoms with E-state index in [2.05, 4.69) is 78.0 Å². The summed E-state index contributed by atoms with van der Waals surface area (Å²) in [5.74, 6) is 0. The number of benzene rings is 1. The van der Waals surface area contributed by atoms with Crippen LogP contribution in [-0.2, 0) is 6.54 Å². The van der Waals surface area contributed by atoms with Gasteiger partial charge in [0, 0.05) is 36.2 Å². The summed E-state index contributed by atoms with van der Waals surface area (Å²) in [5.41, 5.74) is 6.37. The maximum atomic E-state index is 6.06. The Hall–Kier alpha value is -1.85. The van der Waals surface area contributed by atoms with Gasteiger partial charge in [-0.05, 0) is 102 Å². The van der Waals surface area contributed by atoms with E-state index in [9.17, 15) is 0 Å². The van der Waals surface area contributed by atoms with Gasteiger partial charge in [-0.25, -0.2) is 0 Å². The maximum absolute atomic E-state index is 6.06. The van der Waals surface area contributed by atoms with E-state index in [4.69, 9.17) is 12.2 Å². The lowest BCUT2D eigenvalue weighted by Gasteiger charge is -2.33. The predicted molar refractivity (Wildman–Crippen MR) is 153 cm³/mol. The van der Waals surface area contributed by atoms with Crippen molar-refractivity contribution in [1.82, 2.24) is 14.4 Å². The Morgan fingerprint density at radius 2 is 1.63 bits per heavy atom. The van der Waals surface area contributed by atoms with E-state index >= 15 is 0 Å². The summed E-state index contributed by atoms with van der Waals surface area (Å²) in [6.45, 7) is 9.50. The first kappa shape index (κ1) is 26.2. The van der Waals surface area contributed by atoms with Gasteiger partial charge < -0.3 is 19.7 Å². The maximum Gasteiger partial charge on any atom is 0.173 e. The van der Waals surface area contributed by atoms with Crippen molar-refractivity contribution in [1.29, 1.82) is 0 Å². The molecule has 0 unspecified atom stereocenters. The second-order valence-corrected chi connectivity index (χ2v) is 11.5. The molecule has 0 spiro atoms. The van der Waals surface area contributed by atoms with Gasteiger partial charge in [0.1, 0.15) is 0 Å². The van der Waals surface area contributed by atoms with Gasteiger partial charge in [0.2, 0.25) is 0 Å². The van der Waals surface area contributed by atoms with Crippen molar-refractivity contribution in [2.24, 2.45) is 0 Å². The van der Waals surface area contributed by atoms with Crippen LogP contribution in [0.15, 0.2) is 30.5 Å². The largest absolute Gasteiger partial charge is 0.347 e. The van der Waals surface area contributed by atoms with Gasteiger partial charge >= 0.3 is 0 Å². The highest BCUT2D eigenvalue weighted by Gasteiger charge is 2.22. The van der Waals surface area contributed by atoms with Gasteiger partial charge in [-0.15, -0.1) is 0 Å². The van der Waals surface area contributed by atoms with Crippen molar-refractivity contribution in [2.75, 3.05) is 25.5 Å². The molecule has 2 fully saturated rings. The molecule has 0 aliphatic heterocycles. The minimum atomic E-state index is 0.655. The molecular weight excluding hydrogens is 448 g/mol. The number of hydrogen-bond acceptors (Lipinski definition) is 2. The van der Waals surface area contributed by atoms with E-state index in [-0.39, 0.29) is 0 Å². The Bertz CT molecular complexity index is 945. The summed E-state index contributed by atoms with van der Waals surface area (Å²) in [6, 6.07) is 10.4. The van der Waals surface area contributed by atoms with Gasteiger partial charge in [-0.2, -0.15) is 0 Å². The van der Waals surface area contributed by atoms with Gasteiger partial charge in [0.15, 0.2) is 5.11 Å². The first-order valence-corrected chi connectivity index (χ1v) is 14.3. The third-order valence-corrected chi connectivity index (χ3v) is 8.63. The average Bonchev–Trinajstić information content (AvgIpc) is 3.53. The Kier molecular flexibility index (Phi) is 9.29. The molecule has 0 amide bonds. The standard InChI is InChI=1S/C30H46N4S/c1-23-20-24(2)29(25(3)21-23)31-30(35)33(18-11-17-32(4)26-12-6-5-7-13-26)22-28-16-10-19-34(28)27-14-8-9-15-27/h10,16,19-21,26-27H,5-9,11-15,17-18,22H2,1-4H3,(H,31,35). The minimum Gasteiger partial charge on any atom is -0.347 e. The van der Waals surface area contributed by atoms with Crippen LogP contribution in [0.3, 0.4) is 0 Å². The lowest BCUT2D eigenvalue weighted by atomic mass is 9.94. The molecule has 4 nitrogen and oxygen atoms in total. The number of nitrogens with zero attached hydrogens (tertiary/aromatic N) is 3. The summed E-state index contributed by atoms with van der Waals surface area (Å²) in [6.07, 6.45) is 15.6. The third-order valence-electron chi connectivity index (χ3n) is 8.27. The van der Waals surface area contributed by atoms with Crippen LogP contribution in [0.4, 0.5) is 5.69 Å². The molecule has 0 bridgehead atoms. The number of hydrogen-bond donors (Lipinski definition) is 1. The molecule has 1 N–H and O–H groups in total. The summed E-state index contributed by atoms with van der Waals surface area (Å²) in [4.78, 5) is 5.01. The fourth-order valence-electron chi connectivity index (χ4n) is 6.33. The highest BCUT2D eigenvalue weighted by molar-refractivity contribution is 7.80. The fraction of sp³-hybridized carbons (Fsp3) is 0.633. The molecular formula is C30H46N4S. The first-order valence-electron chi connectivity index (χ1n) is 13.9. The van der Waals surface area contributed by atoms with E-state index in [1.54, 1.807) is 0 Å². The third kappa shape index (κ3) is 6.89. The van der Waals surface area contributed by atoms with E-state index in [1.807, 2.05) is 0 Å². The van der Waals surface area contributed by atoms with Crippen LogP contribution in [-0.4, -0.2) is 45.7 Å². The van der Waals surface area contributed by atoms with Crippen LogP contribution in [0.1, 0.15) is 92.6 Å². The van der Waals surface area contributed by atoms with Crippen molar-refractivity contribution in [3.63, 3.8) is 0 Å². The number of nitrogens with one attached hydrogen (secondary N) is 1. The second-order valence-electron chi connectivity index (χ2n) is 11.1. The van der Waals surface area contributed by atoms with Crippen LogP contribution in [0.5, 0.6) is 0 Å². The van der Waals surface area contributed by atoms with E-state index < -0.39 is 0 Å². The molecule has 1 aromatic heterocycles. The lowest BCUT2D eigenvalue weighted by molar-refractivity contribution is 0.185. The van der Waals surface area contributed by atoms with Gasteiger partial charge in [-0.3, -0.25) is 0 Å². The number of aromatic nitrogens is 1. The molecule has 2 aliphatic rings. The number of anilines is 1. The quantitative estimate of drug-likeness (QED) is 0.367. The molecule has 0 saturated heterocycles. The number of rotatable bonds is 9. The van der Waals surface area contributed by atoms with Crippen molar-refractivity contribution in [2.45, 2.75) is 104 Å². The Morgan fingerprint density at radius 1 is 0.971 bits per heavy atom. The van der Waals surface area contributed by atoms with Crippen molar-refractivity contribution < 1.29 is 0 Å². The molecule has 1 heterocycles. The van der Waals surface area contributed by atoms with Gasteiger partial charge in [0.05, 0.1) is 6.54 Å². The zero-order valence-corrected chi connectivity index (χ0v) is 23.3. The van der Waals surface area contributed by atoms with Crippen molar-refractivity contribution >= 4 is 23.0 Å². The topological polar surface area (TPSA) is 23.4 Å². The molecule has 5 heteroatoms. The van der Waals surface area contributed by atoms with Crippen LogP contribution in [0, 0.1) is 20.8 Å². The first-order chi connectivity index (χ1) is 16.9. The lowest BCUT2D eigenvalue weighted by Crippen LogP contribution is -2.39. The van der Waals surface area contributed by atoms with Crippen LogP contribution >= 0.6 is 12.2 Å². The number of aryl methyl sites for hydroxylation is 3. The Morgan fingerprint density at radius 3 is 2.31 bits per heavy atom. The fourth-order valence-corrected chi connectivity index (χ4v) is 6.59. The zero-order valence-electron chi connectivity index (χ0n) is 22.5. The molecule has 2 aromatic rings. The average molecular weight is 495 g/mol. The molecule has 1 aromatic carbocycles. The van der Waals surface area contributed by atoms with Crippen LogP contribution in [0.25, 0.3) is 0 Å². The molecule has 2 aliphatic carbocycles. The van der Waals surface area contributed by atoms with Crippen molar-refractivity contribution in [3.8, 4) is 0 Å². The highest BCUT2D eigenvalue weighted by atomic mass is 32.1. The normalized spacial score (nSPS) is 17.3. The monoisotopic (exact) mass is 494 g/mol. The highest BCUT2D eigenvalue weighted by Crippen LogP contribution is 2.31. The molecule has 2 saturated carbocycles. The Labute approximate surface area is 219 Å². The molecule has 35 heavy (non-hydrogen) atoms. The summed E-state index contributed by atoms with van der Waals surface area (Å²) in [5, 5.41) is 4.49. The smallest absolute Gasteiger partial charge is 0.173 e. The summed E-state index contributed by atoms with van der Waals surface area (Å²) in [7, 11) is 2.32. The molecule has 4 rings (SSSR count). The Balaban J connectivity index is 1.45. The molecule has 0 radical (unpaired) electrons. The van der Waals surface area contributed by atoms with Gasteiger partial charge in [0.25, 0.3) is 0 Å². The van der Waals surface area contributed by atoms with E-state index in [1.165, 1.54) is 80.2 Å². The van der Waals surface area contributed by atoms with Gasteiger partial charge in [-0.1, -0.05) is 49.8 Å². The SMILES string of the molecule is Cc1cc(C)c(NC(=S)N(CCCN(C)C2CCCCC2)Cc2cccn2C2CCCC2)c(C)c1. The molecule has 0 atom stereocenters.